The Balaban J connectivity index is 1.47. The van der Waals surface area contributed by atoms with Gasteiger partial charge in [0.25, 0.3) is 5.91 Å². The minimum absolute atomic E-state index is 0.254. The van der Waals surface area contributed by atoms with E-state index in [9.17, 15) is 9.18 Å². The van der Waals surface area contributed by atoms with Crippen molar-refractivity contribution in [2.45, 2.75) is 13.3 Å². The van der Waals surface area contributed by atoms with Crippen molar-refractivity contribution >= 4 is 33.9 Å². The molecule has 0 unspecified atom stereocenters. The standard InChI is InChI=1S/C20H15FN4OS2/c1-12-17(27-16(22-12)11-13-7-9-15(21)10-8-13)19(26)24-20-23-18(25-28-20)14-5-3-2-4-6-14/h2-10H,11H2,1H3,(H,23,24,25,26). The number of amides is 1. The van der Waals surface area contributed by atoms with E-state index >= 15 is 0 Å². The zero-order chi connectivity index (χ0) is 19.5. The van der Waals surface area contributed by atoms with Gasteiger partial charge in [-0.1, -0.05) is 42.5 Å². The van der Waals surface area contributed by atoms with Crippen LogP contribution in [0.25, 0.3) is 11.4 Å². The topological polar surface area (TPSA) is 67.8 Å². The fourth-order valence-electron chi connectivity index (χ4n) is 2.65. The molecule has 2 heterocycles. The van der Waals surface area contributed by atoms with Gasteiger partial charge in [-0.3, -0.25) is 10.1 Å². The molecule has 5 nitrogen and oxygen atoms in total. The van der Waals surface area contributed by atoms with Gasteiger partial charge in [0.2, 0.25) is 5.13 Å². The number of anilines is 1. The van der Waals surface area contributed by atoms with Gasteiger partial charge in [-0.05, 0) is 24.6 Å². The van der Waals surface area contributed by atoms with E-state index in [1.54, 1.807) is 19.1 Å². The highest BCUT2D eigenvalue weighted by molar-refractivity contribution is 7.14. The monoisotopic (exact) mass is 410 g/mol. The van der Waals surface area contributed by atoms with E-state index in [0.717, 1.165) is 27.7 Å². The van der Waals surface area contributed by atoms with E-state index in [1.165, 1.54) is 23.5 Å². The van der Waals surface area contributed by atoms with Gasteiger partial charge >= 0.3 is 0 Å². The first-order valence-electron chi connectivity index (χ1n) is 8.50. The fraction of sp³-hybridized carbons (Fsp3) is 0.100. The molecule has 0 radical (unpaired) electrons. The van der Waals surface area contributed by atoms with Crippen molar-refractivity contribution < 1.29 is 9.18 Å². The Morgan fingerprint density at radius 1 is 1.07 bits per heavy atom. The average molecular weight is 410 g/mol. The molecule has 8 heteroatoms. The lowest BCUT2D eigenvalue weighted by Crippen LogP contribution is -2.11. The number of carbonyl (C=O) groups is 1. The van der Waals surface area contributed by atoms with Crippen LogP contribution in [0, 0.1) is 12.7 Å². The number of nitrogens with one attached hydrogen (secondary N) is 1. The molecule has 1 N–H and O–H groups in total. The minimum Gasteiger partial charge on any atom is -0.296 e. The van der Waals surface area contributed by atoms with Crippen LogP contribution in [-0.2, 0) is 6.42 Å². The SMILES string of the molecule is Cc1nc(Cc2ccc(F)cc2)sc1C(=O)Nc1nc(-c2ccccc2)ns1. The van der Waals surface area contributed by atoms with E-state index in [2.05, 4.69) is 19.7 Å². The molecule has 28 heavy (non-hydrogen) atoms. The number of carbonyl (C=O) groups excluding carboxylic acids is 1. The second-order valence-corrected chi connectivity index (χ2v) is 7.90. The van der Waals surface area contributed by atoms with Crippen molar-refractivity contribution in [3.63, 3.8) is 0 Å². The molecule has 4 aromatic rings. The molecule has 2 aromatic carbocycles. The number of aryl methyl sites for hydroxylation is 1. The molecule has 0 aliphatic rings. The van der Waals surface area contributed by atoms with Crippen LogP contribution in [0.5, 0.6) is 0 Å². The molecule has 0 fully saturated rings. The zero-order valence-electron chi connectivity index (χ0n) is 14.8. The van der Waals surface area contributed by atoms with Crippen molar-refractivity contribution in [3.05, 3.63) is 81.6 Å². The second kappa shape index (κ2) is 7.95. The van der Waals surface area contributed by atoms with Crippen LogP contribution in [0.4, 0.5) is 9.52 Å². The number of rotatable bonds is 5. The number of benzene rings is 2. The van der Waals surface area contributed by atoms with Crippen LogP contribution >= 0.6 is 22.9 Å². The molecule has 0 saturated heterocycles. The lowest BCUT2D eigenvalue weighted by molar-refractivity contribution is 0.103. The van der Waals surface area contributed by atoms with Gasteiger partial charge in [0.15, 0.2) is 5.82 Å². The quantitative estimate of drug-likeness (QED) is 0.505. The molecule has 0 saturated carbocycles. The summed E-state index contributed by atoms with van der Waals surface area (Å²) in [6, 6.07) is 15.9. The highest BCUT2D eigenvalue weighted by Crippen LogP contribution is 2.24. The van der Waals surface area contributed by atoms with Crippen LogP contribution in [0.1, 0.15) is 25.9 Å². The molecule has 0 aliphatic carbocycles. The third-order valence-corrected chi connectivity index (χ3v) is 5.78. The highest BCUT2D eigenvalue weighted by Gasteiger charge is 2.17. The average Bonchev–Trinajstić information content (AvgIpc) is 3.31. The summed E-state index contributed by atoms with van der Waals surface area (Å²) in [7, 11) is 0. The lowest BCUT2D eigenvalue weighted by Gasteiger charge is -1.98. The minimum atomic E-state index is -0.272. The Morgan fingerprint density at radius 2 is 1.82 bits per heavy atom. The van der Waals surface area contributed by atoms with E-state index in [1.807, 2.05) is 30.3 Å². The predicted molar refractivity (Wildman–Crippen MR) is 109 cm³/mol. The first-order valence-corrected chi connectivity index (χ1v) is 10.1. The normalized spacial score (nSPS) is 10.8. The maximum absolute atomic E-state index is 13.0. The van der Waals surface area contributed by atoms with Crippen LogP contribution in [0.15, 0.2) is 54.6 Å². The maximum atomic E-state index is 13.0. The van der Waals surface area contributed by atoms with Crippen molar-refractivity contribution in [1.82, 2.24) is 14.3 Å². The number of hydrogen-bond donors (Lipinski definition) is 1. The summed E-state index contributed by atoms with van der Waals surface area (Å²) in [5, 5.41) is 4.04. The first-order chi connectivity index (χ1) is 13.6. The van der Waals surface area contributed by atoms with Crippen LogP contribution in [-0.4, -0.2) is 20.2 Å². The summed E-state index contributed by atoms with van der Waals surface area (Å²) in [6.45, 7) is 1.80. The fourth-order valence-corrected chi connectivity index (χ4v) is 4.23. The van der Waals surface area contributed by atoms with E-state index in [4.69, 9.17) is 0 Å². The first kappa shape index (κ1) is 18.4. The Morgan fingerprint density at radius 3 is 2.57 bits per heavy atom. The molecule has 1 amide bonds. The Labute approximate surface area is 169 Å². The predicted octanol–water partition coefficient (Wildman–Crippen LogP) is 4.95. The van der Waals surface area contributed by atoms with Crippen LogP contribution < -0.4 is 5.32 Å². The van der Waals surface area contributed by atoms with Crippen LogP contribution in [0.3, 0.4) is 0 Å². The summed E-state index contributed by atoms with van der Waals surface area (Å²) in [6.07, 6.45) is 0.552. The Bertz CT molecular complexity index is 1110. The third-order valence-electron chi connectivity index (χ3n) is 3.99. The Hall–Kier alpha value is -2.97. The van der Waals surface area contributed by atoms with Gasteiger partial charge in [-0.15, -0.1) is 11.3 Å². The van der Waals surface area contributed by atoms with Crippen molar-refractivity contribution in [2.24, 2.45) is 0 Å². The van der Waals surface area contributed by atoms with E-state index < -0.39 is 0 Å². The summed E-state index contributed by atoms with van der Waals surface area (Å²) in [4.78, 5) is 22.0. The summed E-state index contributed by atoms with van der Waals surface area (Å²) in [5.41, 5.74) is 2.50. The zero-order valence-corrected chi connectivity index (χ0v) is 16.5. The number of thiazole rings is 1. The number of nitrogens with zero attached hydrogens (tertiary/aromatic N) is 3. The Kier molecular flexibility index (Phi) is 5.23. The summed E-state index contributed by atoms with van der Waals surface area (Å²) >= 11 is 2.47. The number of halogens is 1. The third kappa shape index (κ3) is 4.13. The maximum Gasteiger partial charge on any atom is 0.269 e. The molecule has 0 spiro atoms. The van der Waals surface area contributed by atoms with Gasteiger partial charge in [-0.25, -0.2) is 9.37 Å². The summed E-state index contributed by atoms with van der Waals surface area (Å²) in [5.74, 6) is 0.0566. The molecule has 0 atom stereocenters. The van der Waals surface area contributed by atoms with Gasteiger partial charge in [0.1, 0.15) is 10.7 Å². The van der Waals surface area contributed by atoms with E-state index in [-0.39, 0.29) is 11.7 Å². The number of aromatic nitrogens is 3. The summed E-state index contributed by atoms with van der Waals surface area (Å²) < 4.78 is 17.3. The van der Waals surface area contributed by atoms with Gasteiger partial charge < -0.3 is 0 Å². The molecule has 2 aromatic heterocycles. The van der Waals surface area contributed by atoms with Gasteiger partial charge in [0, 0.05) is 23.5 Å². The molecule has 0 bridgehead atoms. The van der Waals surface area contributed by atoms with Crippen molar-refractivity contribution in [2.75, 3.05) is 5.32 Å². The molecule has 140 valence electrons. The second-order valence-electron chi connectivity index (χ2n) is 6.07. The van der Waals surface area contributed by atoms with Gasteiger partial charge in [-0.2, -0.15) is 9.36 Å². The highest BCUT2D eigenvalue weighted by atomic mass is 32.1. The van der Waals surface area contributed by atoms with Crippen molar-refractivity contribution in [3.8, 4) is 11.4 Å². The molecule has 0 aliphatic heterocycles. The lowest BCUT2D eigenvalue weighted by atomic mass is 10.1. The largest absolute Gasteiger partial charge is 0.296 e. The molecular formula is C20H15FN4OS2. The molecular weight excluding hydrogens is 395 g/mol. The van der Waals surface area contributed by atoms with Gasteiger partial charge in [0.05, 0.1) is 10.7 Å². The smallest absolute Gasteiger partial charge is 0.269 e. The van der Waals surface area contributed by atoms with Crippen molar-refractivity contribution in [1.29, 1.82) is 0 Å². The van der Waals surface area contributed by atoms with E-state index in [0.29, 0.717) is 27.9 Å². The molecule has 4 rings (SSSR count). The number of hydrogen-bond acceptors (Lipinski definition) is 6. The van der Waals surface area contributed by atoms with Crippen LogP contribution in [0.2, 0.25) is 0 Å².